The fourth-order valence-corrected chi connectivity index (χ4v) is 3.87. The first-order valence-corrected chi connectivity index (χ1v) is 11.2. The van der Waals surface area contributed by atoms with Crippen molar-refractivity contribution in [1.82, 2.24) is 14.7 Å². The Bertz CT molecular complexity index is 1050. The number of aliphatic hydroxyl groups is 1. The summed E-state index contributed by atoms with van der Waals surface area (Å²) in [6.45, 7) is 6.91. The fourth-order valence-electron chi connectivity index (χ4n) is 3.87. The van der Waals surface area contributed by atoms with E-state index in [0.29, 0.717) is 37.2 Å². The Morgan fingerprint density at radius 2 is 2.03 bits per heavy atom. The van der Waals surface area contributed by atoms with Crippen molar-refractivity contribution in [2.75, 3.05) is 6.54 Å². The van der Waals surface area contributed by atoms with Crippen molar-refractivity contribution < 1.29 is 14.2 Å². The second-order valence-electron chi connectivity index (χ2n) is 8.36. The topological polar surface area (TPSA) is 50.5 Å². The molecular formula is C26H30FN3O2. The van der Waals surface area contributed by atoms with Gasteiger partial charge in [0.2, 0.25) is 5.88 Å². The van der Waals surface area contributed by atoms with E-state index in [0.717, 1.165) is 36.2 Å². The molecule has 0 aliphatic heterocycles. The molecule has 1 saturated carbocycles. The Morgan fingerprint density at radius 3 is 2.72 bits per heavy atom. The Hall–Kier alpha value is -2.96. The Balaban J connectivity index is 1.67. The molecule has 1 heterocycles. The normalized spacial score (nSPS) is 14.5. The first kappa shape index (κ1) is 22.2. The Kier molecular flexibility index (Phi) is 7.02. The number of hydrogen-bond donors (Lipinski definition) is 1. The molecule has 2 aromatic carbocycles. The third kappa shape index (κ3) is 5.44. The number of rotatable bonds is 11. The molecule has 0 saturated heterocycles. The summed E-state index contributed by atoms with van der Waals surface area (Å²) in [6, 6.07) is 16.4. The predicted octanol–water partition coefficient (Wildman–Crippen LogP) is 5.40. The van der Waals surface area contributed by atoms with Crippen LogP contribution in [0.4, 0.5) is 4.39 Å². The number of hydrogen-bond acceptors (Lipinski definition) is 4. The molecule has 1 aliphatic carbocycles. The second kappa shape index (κ2) is 10.1. The van der Waals surface area contributed by atoms with Crippen molar-refractivity contribution in [3.8, 4) is 17.3 Å². The lowest BCUT2D eigenvalue weighted by atomic mass is 10.1. The van der Waals surface area contributed by atoms with Gasteiger partial charge >= 0.3 is 0 Å². The highest BCUT2D eigenvalue weighted by Gasteiger charge is 2.32. The van der Waals surface area contributed by atoms with Crippen LogP contribution in [0.1, 0.15) is 36.9 Å². The summed E-state index contributed by atoms with van der Waals surface area (Å²) >= 11 is 0. The molecule has 0 bridgehead atoms. The van der Waals surface area contributed by atoms with Crippen LogP contribution >= 0.6 is 0 Å². The third-order valence-electron chi connectivity index (χ3n) is 5.72. The van der Waals surface area contributed by atoms with Gasteiger partial charge in [-0.1, -0.05) is 30.3 Å². The van der Waals surface area contributed by atoms with Gasteiger partial charge in [0.25, 0.3) is 0 Å². The van der Waals surface area contributed by atoms with Crippen LogP contribution in [-0.2, 0) is 6.54 Å². The summed E-state index contributed by atoms with van der Waals surface area (Å²) in [7, 11) is 0. The maximum Gasteiger partial charge on any atom is 0.227 e. The van der Waals surface area contributed by atoms with Gasteiger partial charge in [-0.2, -0.15) is 5.10 Å². The summed E-state index contributed by atoms with van der Waals surface area (Å²) in [5.74, 6) is 0.648. The molecule has 0 spiro atoms. The number of nitrogens with zero attached hydrogens (tertiary/aromatic N) is 3. The van der Waals surface area contributed by atoms with Gasteiger partial charge in [0.15, 0.2) is 0 Å². The van der Waals surface area contributed by atoms with Gasteiger partial charge in [-0.15, -0.1) is 6.58 Å². The van der Waals surface area contributed by atoms with E-state index in [4.69, 9.17) is 9.84 Å². The molecule has 32 heavy (non-hydrogen) atoms. The zero-order valence-electron chi connectivity index (χ0n) is 18.5. The van der Waals surface area contributed by atoms with Crippen molar-refractivity contribution in [1.29, 1.82) is 0 Å². The van der Waals surface area contributed by atoms with Crippen molar-refractivity contribution in [3.05, 3.63) is 84.3 Å². The minimum atomic E-state index is -0.411. The van der Waals surface area contributed by atoms with Crippen LogP contribution < -0.4 is 4.74 Å². The molecule has 4 rings (SSSR count). The number of aryl methyl sites for hydroxylation is 1. The maximum atomic E-state index is 13.8. The molecule has 3 aromatic rings. The molecule has 6 heteroatoms. The largest absolute Gasteiger partial charge is 0.438 e. The van der Waals surface area contributed by atoms with Gasteiger partial charge < -0.3 is 9.84 Å². The quantitative estimate of drug-likeness (QED) is 0.410. The van der Waals surface area contributed by atoms with Crippen LogP contribution in [0, 0.1) is 12.7 Å². The van der Waals surface area contributed by atoms with Gasteiger partial charge in [0.05, 0.1) is 23.0 Å². The average molecular weight is 436 g/mol. The van der Waals surface area contributed by atoms with Gasteiger partial charge in [-0.25, -0.2) is 9.07 Å². The monoisotopic (exact) mass is 435 g/mol. The predicted molar refractivity (Wildman–Crippen MR) is 124 cm³/mol. The minimum absolute atomic E-state index is 0.350. The number of aliphatic hydroxyl groups excluding tert-OH is 1. The maximum absolute atomic E-state index is 13.8. The Morgan fingerprint density at radius 1 is 1.25 bits per heavy atom. The average Bonchev–Trinajstić information content (AvgIpc) is 3.59. The zero-order valence-corrected chi connectivity index (χ0v) is 18.5. The SMILES string of the molecule is C=CCC[C@H](O)CN(Cc1c(C)nn(-c2ccccc2)c1Oc1cccc(F)c1)C1CC1. The van der Waals surface area contributed by atoms with Crippen LogP contribution in [0.15, 0.2) is 67.3 Å². The van der Waals surface area contributed by atoms with Crippen molar-refractivity contribution >= 4 is 0 Å². The van der Waals surface area contributed by atoms with Crippen LogP contribution in [-0.4, -0.2) is 38.5 Å². The van der Waals surface area contributed by atoms with Crippen LogP contribution in [0.25, 0.3) is 5.69 Å². The summed E-state index contributed by atoms with van der Waals surface area (Å²) < 4.78 is 21.8. The summed E-state index contributed by atoms with van der Waals surface area (Å²) in [5.41, 5.74) is 2.67. The lowest BCUT2D eigenvalue weighted by Gasteiger charge is -2.25. The molecule has 0 unspecified atom stereocenters. The van der Waals surface area contributed by atoms with E-state index in [1.807, 2.05) is 43.3 Å². The molecule has 168 valence electrons. The standard InChI is InChI=1S/C26H30FN3O2/c1-3-4-12-23(31)17-29(21-14-15-21)18-25-19(2)28-30(22-10-6-5-7-11-22)26(25)32-24-13-8-9-20(27)16-24/h3,5-11,13,16,21,23,31H,1,4,12,14-15,17-18H2,2H3/t23-/m0/s1. The molecule has 1 fully saturated rings. The van der Waals surface area contributed by atoms with E-state index < -0.39 is 6.10 Å². The van der Waals surface area contributed by atoms with Crippen molar-refractivity contribution in [2.24, 2.45) is 0 Å². The highest BCUT2D eigenvalue weighted by atomic mass is 19.1. The molecular weight excluding hydrogens is 405 g/mol. The summed E-state index contributed by atoms with van der Waals surface area (Å²) in [5, 5.41) is 15.3. The number of ether oxygens (including phenoxy) is 1. The molecule has 5 nitrogen and oxygen atoms in total. The lowest BCUT2D eigenvalue weighted by Crippen LogP contribution is -2.34. The van der Waals surface area contributed by atoms with Gasteiger partial charge in [-0.05, 0) is 56.9 Å². The molecule has 1 N–H and O–H groups in total. The minimum Gasteiger partial charge on any atom is -0.438 e. The molecule has 1 aromatic heterocycles. The molecule has 1 atom stereocenters. The summed E-state index contributed by atoms with van der Waals surface area (Å²) in [4.78, 5) is 2.31. The van der Waals surface area contributed by atoms with Crippen LogP contribution in [0.3, 0.4) is 0 Å². The highest BCUT2D eigenvalue weighted by molar-refractivity contribution is 5.43. The third-order valence-corrected chi connectivity index (χ3v) is 5.72. The van der Waals surface area contributed by atoms with Crippen molar-refractivity contribution in [3.63, 3.8) is 0 Å². The molecule has 0 radical (unpaired) electrons. The molecule has 1 aliphatic rings. The van der Waals surface area contributed by atoms with Crippen molar-refractivity contribution in [2.45, 2.75) is 51.3 Å². The van der Waals surface area contributed by atoms with E-state index in [2.05, 4.69) is 11.5 Å². The highest BCUT2D eigenvalue weighted by Crippen LogP contribution is 2.35. The number of para-hydroxylation sites is 1. The van der Waals surface area contributed by atoms with E-state index in [-0.39, 0.29) is 5.82 Å². The number of halogens is 1. The van der Waals surface area contributed by atoms with E-state index in [9.17, 15) is 9.50 Å². The Labute approximate surface area is 188 Å². The van der Waals surface area contributed by atoms with E-state index >= 15 is 0 Å². The summed E-state index contributed by atoms with van der Waals surface area (Å²) in [6.07, 6.45) is 5.16. The lowest BCUT2D eigenvalue weighted by molar-refractivity contribution is 0.0975. The van der Waals surface area contributed by atoms with Crippen LogP contribution in [0.2, 0.25) is 0 Å². The zero-order chi connectivity index (χ0) is 22.5. The first-order chi connectivity index (χ1) is 15.5. The van der Waals surface area contributed by atoms with Gasteiger partial charge in [-0.3, -0.25) is 4.90 Å². The smallest absolute Gasteiger partial charge is 0.227 e. The van der Waals surface area contributed by atoms with Gasteiger partial charge in [0.1, 0.15) is 11.6 Å². The first-order valence-electron chi connectivity index (χ1n) is 11.2. The molecule has 0 amide bonds. The van der Waals surface area contributed by atoms with E-state index in [1.165, 1.54) is 12.1 Å². The number of benzene rings is 2. The van der Waals surface area contributed by atoms with E-state index in [1.54, 1.807) is 16.8 Å². The fraction of sp³-hybridized carbons (Fsp3) is 0.346. The van der Waals surface area contributed by atoms with Gasteiger partial charge in [0, 0.05) is 25.2 Å². The van der Waals surface area contributed by atoms with Crippen LogP contribution in [0.5, 0.6) is 11.6 Å². The second-order valence-corrected chi connectivity index (χ2v) is 8.36. The number of allylic oxidation sites excluding steroid dienone is 1. The number of aromatic nitrogens is 2.